The molecule has 1 aliphatic rings. The fraction of sp³-hybridized carbons (Fsp3) is 0.0800. The molecule has 1 N–H and O–H groups in total. The summed E-state index contributed by atoms with van der Waals surface area (Å²) in [4.78, 5) is 31.6. The van der Waals surface area contributed by atoms with Gasteiger partial charge in [0, 0.05) is 23.1 Å². The highest BCUT2D eigenvalue weighted by Crippen LogP contribution is 2.39. The van der Waals surface area contributed by atoms with Gasteiger partial charge in [-0.2, -0.15) is 0 Å². The topological polar surface area (TPSA) is 80.8 Å². The molecule has 0 fully saturated rings. The molecule has 1 aromatic heterocycles. The number of fused-ring (bicyclic) bond motifs is 1. The Labute approximate surface area is 221 Å². The number of aromatic nitrogens is 1. The summed E-state index contributed by atoms with van der Waals surface area (Å²) in [7, 11) is 3.10. The number of carbonyl (C=O) groups is 2. The maximum Gasteiger partial charge on any atom is 0.266 e. The van der Waals surface area contributed by atoms with Crippen molar-refractivity contribution in [3.05, 3.63) is 82.2 Å². The molecule has 0 atom stereocenters. The third-order valence-corrected chi connectivity index (χ3v) is 6.47. The summed E-state index contributed by atoms with van der Waals surface area (Å²) >= 11 is 7.59. The van der Waals surface area contributed by atoms with Crippen LogP contribution in [0.3, 0.4) is 0 Å². The van der Waals surface area contributed by atoms with Gasteiger partial charge in [0.05, 0.1) is 47.4 Å². The monoisotopic (exact) mass is 571 g/mol. The average Bonchev–Trinajstić information content (AvgIpc) is 3.43. The van der Waals surface area contributed by atoms with Crippen LogP contribution in [-0.2, 0) is 0 Å². The molecule has 0 spiro atoms. The first-order valence-electron chi connectivity index (χ1n) is 10.2. The summed E-state index contributed by atoms with van der Waals surface area (Å²) in [5.41, 5.74) is 3.44. The summed E-state index contributed by atoms with van der Waals surface area (Å²) in [5, 5.41) is 6.20. The van der Waals surface area contributed by atoms with Crippen molar-refractivity contribution in [1.82, 2.24) is 4.98 Å². The van der Waals surface area contributed by atoms with Gasteiger partial charge in [0.15, 0.2) is 5.13 Å². The lowest BCUT2D eigenvalue weighted by Crippen LogP contribution is -2.29. The van der Waals surface area contributed by atoms with E-state index in [0.717, 1.165) is 5.56 Å². The number of nitrogens with zero attached hydrogens (tertiary/aromatic N) is 2. The minimum absolute atomic E-state index is 0. The number of methoxy groups -OCH3 is 2. The van der Waals surface area contributed by atoms with Crippen LogP contribution < -0.4 is 19.7 Å². The van der Waals surface area contributed by atoms with Crippen molar-refractivity contribution < 1.29 is 19.1 Å². The number of thiazole rings is 1. The van der Waals surface area contributed by atoms with E-state index in [-0.39, 0.29) is 28.8 Å². The second-order valence-electron chi connectivity index (χ2n) is 7.39. The molecule has 2 amide bonds. The Morgan fingerprint density at radius 1 is 0.914 bits per heavy atom. The predicted octanol–water partition coefficient (Wildman–Crippen LogP) is 6.60. The number of amides is 2. The van der Waals surface area contributed by atoms with E-state index in [1.807, 2.05) is 11.4 Å². The molecule has 178 valence electrons. The highest BCUT2D eigenvalue weighted by molar-refractivity contribution is 8.93. The quantitative estimate of drug-likeness (QED) is 0.262. The fourth-order valence-corrected chi connectivity index (χ4v) is 4.73. The number of anilines is 3. The molecule has 4 aromatic rings. The molecule has 7 nitrogen and oxygen atoms in total. The lowest BCUT2D eigenvalue weighted by Gasteiger charge is -2.14. The van der Waals surface area contributed by atoms with Gasteiger partial charge < -0.3 is 14.8 Å². The smallest absolute Gasteiger partial charge is 0.266 e. The minimum atomic E-state index is -0.331. The highest BCUT2D eigenvalue weighted by Gasteiger charge is 2.36. The molecule has 0 saturated carbocycles. The van der Waals surface area contributed by atoms with Crippen molar-refractivity contribution in [1.29, 1.82) is 0 Å². The van der Waals surface area contributed by atoms with Gasteiger partial charge in [-0.3, -0.25) is 9.59 Å². The van der Waals surface area contributed by atoms with Gasteiger partial charge in [0.1, 0.15) is 11.5 Å². The van der Waals surface area contributed by atoms with Crippen molar-refractivity contribution in [2.24, 2.45) is 0 Å². The van der Waals surface area contributed by atoms with Crippen LogP contribution in [0.15, 0.2) is 66.0 Å². The summed E-state index contributed by atoms with van der Waals surface area (Å²) in [5.74, 6) is 0.398. The molecule has 2 heterocycles. The van der Waals surface area contributed by atoms with Crippen LogP contribution in [0.1, 0.15) is 20.7 Å². The van der Waals surface area contributed by atoms with Crippen molar-refractivity contribution >= 4 is 68.2 Å². The predicted molar refractivity (Wildman–Crippen MR) is 143 cm³/mol. The van der Waals surface area contributed by atoms with Gasteiger partial charge in [-0.1, -0.05) is 35.9 Å². The van der Waals surface area contributed by atoms with E-state index in [2.05, 4.69) is 10.3 Å². The molecule has 3 aromatic carbocycles. The lowest BCUT2D eigenvalue weighted by molar-refractivity contribution is 0.0926. The molecular weight excluding hydrogens is 554 g/mol. The maximum atomic E-state index is 12.8. The third-order valence-electron chi connectivity index (χ3n) is 5.41. The normalized spacial score (nSPS) is 12.3. The Hall–Kier alpha value is -3.40. The number of rotatable bonds is 6. The van der Waals surface area contributed by atoms with Gasteiger partial charge in [-0.25, -0.2) is 9.88 Å². The number of carbonyl (C=O) groups excluding carboxylic acids is 2. The van der Waals surface area contributed by atoms with E-state index in [1.165, 1.54) is 16.2 Å². The number of halogens is 2. The Morgan fingerprint density at radius 2 is 1.60 bits per heavy atom. The van der Waals surface area contributed by atoms with E-state index in [1.54, 1.807) is 68.8 Å². The van der Waals surface area contributed by atoms with Crippen LogP contribution >= 0.6 is 39.9 Å². The van der Waals surface area contributed by atoms with E-state index >= 15 is 0 Å². The Kier molecular flexibility index (Phi) is 7.11. The third kappa shape index (κ3) is 4.50. The first kappa shape index (κ1) is 24.7. The van der Waals surface area contributed by atoms with Crippen molar-refractivity contribution in [2.75, 3.05) is 24.4 Å². The molecule has 0 aliphatic carbocycles. The second kappa shape index (κ2) is 10.1. The van der Waals surface area contributed by atoms with Gasteiger partial charge in [-0.15, -0.1) is 28.3 Å². The van der Waals surface area contributed by atoms with Crippen molar-refractivity contribution in [3.8, 4) is 22.8 Å². The molecule has 0 unspecified atom stereocenters. The van der Waals surface area contributed by atoms with Crippen LogP contribution in [0, 0.1) is 0 Å². The highest BCUT2D eigenvalue weighted by atomic mass is 79.9. The molecule has 0 bridgehead atoms. The first-order chi connectivity index (χ1) is 16.5. The number of hydrogen-bond donors (Lipinski definition) is 1. The summed E-state index contributed by atoms with van der Waals surface area (Å²) in [6.45, 7) is 0. The van der Waals surface area contributed by atoms with Gasteiger partial charge in [-0.05, 0) is 24.3 Å². The summed E-state index contributed by atoms with van der Waals surface area (Å²) in [6, 6.07) is 17.4. The molecule has 5 rings (SSSR count). The number of benzene rings is 3. The molecule has 10 heteroatoms. The van der Waals surface area contributed by atoms with Gasteiger partial charge in [0.25, 0.3) is 11.8 Å². The van der Waals surface area contributed by atoms with Crippen LogP contribution in [0.2, 0.25) is 5.02 Å². The molecule has 35 heavy (non-hydrogen) atoms. The molecule has 0 saturated heterocycles. The van der Waals surface area contributed by atoms with E-state index in [9.17, 15) is 9.59 Å². The maximum absolute atomic E-state index is 12.8. The summed E-state index contributed by atoms with van der Waals surface area (Å²) < 4.78 is 10.7. The fourth-order valence-electron chi connectivity index (χ4n) is 3.77. The Balaban J connectivity index is 0.00000289. The zero-order chi connectivity index (χ0) is 23.8. The standard InChI is InChI=1S/C25H18ClN3O4S.BrH/c1-32-21-12-19(22(33-2)11-18(21)26)27-25-28-20(13-34-25)14-6-5-7-15(10-14)29-23(30)16-8-3-4-9-17(16)24(29)31;/h3-13H,1-2H3,(H,27,28);1H. The van der Waals surface area contributed by atoms with Crippen LogP contribution in [-0.4, -0.2) is 31.0 Å². The Morgan fingerprint density at radius 3 is 2.26 bits per heavy atom. The number of imide groups is 1. The Bertz CT molecular complexity index is 1410. The zero-order valence-corrected chi connectivity index (χ0v) is 21.9. The number of ether oxygens (including phenoxy) is 2. The minimum Gasteiger partial charge on any atom is -0.495 e. The largest absolute Gasteiger partial charge is 0.495 e. The van der Waals surface area contributed by atoms with E-state index < -0.39 is 0 Å². The first-order valence-corrected chi connectivity index (χ1v) is 11.5. The van der Waals surface area contributed by atoms with Gasteiger partial charge >= 0.3 is 0 Å². The van der Waals surface area contributed by atoms with Crippen LogP contribution in [0.5, 0.6) is 11.5 Å². The number of nitrogens with one attached hydrogen (secondary N) is 1. The van der Waals surface area contributed by atoms with Crippen LogP contribution in [0.4, 0.5) is 16.5 Å². The van der Waals surface area contributed by atoms with Crippen molar-refractivity contribution in [2.45, 2.75) is 0 Å². The molecule has 0 radical (unpaired) electrons. The van der Waals surface area contributed by atoms with Crippen LogP contribution in [0.25, 0.3) is 11.3 Å². The van der Waals surface area contributed by atoms with Crippen molar-refractivity contribution in [3.63, 3.8) is 0 Å². The van der Waals surface area contributed by atoms with Gasteiger partial charge in [0.2, 0.25) is 0 Å². The zero-order valence-electron chi connectivity index (χ0n) is 18.6. The lowest BCUT2D eigenvalue weighted by atomic mass is 10.1. The average molecular weight is 573 g/mol. The second-order valence-corrected chi connectivity index (χ2v) is 8.66. The van der Waals surface area contributed by atoms with E-state index in [0.29, 0.717) is 49.8 Å². The van der Waals surface area contributed by atoms with E-state index in [4.69, 9.17) is 21.1 Å². The molecular formula is C25H19BrClN3O4S. The molecule has 1 aliphatic heterocycles. The number of hydrogen-bond acceptors (Lipinski definition) is 7. The summed E-state index contributed by atoms with van der Waals surface area (Å²) in [6.07, 6.45) is 0. The SMILES string of the molecule is Br.COc1cc(Nc2nc(-c3cccc(N4C(=O)c5ccccc5C4=O)c3)cs2)c(OC)cc1Cl.